The van der Waals surface area contributed by atoms with Crippen LogP contribution >= 0.6 is 0 Å². The Morgan fingerprint density at radius 2 is 1.74 bits per heavy atom. The fourth-order valence-corrected chi connectivity index (χ4v) is 6.58. The predicted molar refractivity (Wildman–Crippen MR) is 129 cm³/mol. The zero-order valence-corrected chi connectivity index (χ0v) is 19.8. The lowest BCUT2D eigenvalue weighted by atomic mass is 9.72. The summed E-state index contributed by atoms with van der Waals surface area (Å²) in [5.41, 5.74) is 12.8. The van der Waals surface area contributed by atoms with Crippen molar-refractivity contribution >= 4 is 11.0 Å². The topological polar surface area (TPSA) is 47.1 Å². The summed E-state index contributed by atoms with van der Waals surface area (Å²) in [6, 6.07) is 9.16. The largest absolute Gasteiger partial charge is 0.323 e. The number of allylic oxidation sites excluding steroid dienone is 1. The Bertz CT molecular complexity index is 968. The highest BCUT2D eigenvalue weighted by atomic mass is 15.2. The molecule has 1 aliphatic heterocycles. The highest BCUT2D eigenvalue weighted by molar-refractivity contribution is 5.76. The van der Waals surface area contributed by atoms with Crippen LogP contribution in [0.2, 0.25) is 0 Å². The van der Waals surface area contributed by atoms with Crippen molar-refractivity contribution in [3.63, 3.8) is 0 Å². The van der Waals surface area contributed by atoms with Crippen LogP contribution in [-0.4, -0.2) is 34.1 Å². The molecular formula is C27H40N4. The van der Waals surface area contributed by atoms with Crippen molar-refractivity contribution in [3.05, 3.63) is 41.2 Å². The molecule has 1 aromatic heterocycles. The summed E-state index contributed by atoms with van der Waals surface area (Å²) >= 11 is 0. The molecule has 2 aliphatic carbocycles. The molecule has 3 aliphatic rings. The van der Waals surface area contributed by atoms with E-state index in [1.165, 1.54) is 63.6 Å². The quantitative estimate of drug-likeness (QED) is 0.624. The Kier molecular flexibility index (Phi) is 5.50. The maximum atomic E-state index is 6.95. The molecule has 5 rings (SSSR count). The van der Waals surface area contributed by atoms with Crippen LogP contribution in [0.4, 0.5) is 0 Å². The summed E-state index contributed by atoms with van der Waals surface area (Å²) in [5, 5.41) is 0. The molecule has 2 heterocycles. The second-order valence-electron chi connectivity index (χ2n) is 11.2. The van der Waals surface area contributed by atoms with Crippen molar-refractivity contribution in [3.8, 4) is 0 Å². The average Bonchev–Trinajstić information content (AvgIpc) is 3.36. The van der Waals surface area contributed by atoms with Gasteiger partial charge < -0.3 is 10.3 Å². The number of rotatable bonds is 4. The Labute approximate surface area is 187 Å². The number of nitrogens with zero attached hydrogens (tertiary/aromatic N) is 3. The molecule has 0 unspecified atom stereocenters. The standard InChI is InChI=1S/C27H40N4/c1-20-9-8-14-26(2,3)22(20)19-30-17-12-21(13-18-30)31-24-11-5-4-10-23(24)29-25(31)27(28)15-6-7-16-27/h4-5,10-11,21H,6-9,12-19,28H2,1-3H3. The first-order valence-corrected chi connectivity index (χ1v) is 12.6. The number of benzene rings is 1. The van der Waals surface area contributed by atoms with Gasteiger partial charge in [-0.25, -0.2) is 4.98 Å². The Morgan fingerprint density at radius 3 is 2.45 bits per heavy atom. The highest BCUT2D eigenvalue weighted by Gasteiger charge is 2.38. The number of fused-ring (bicyclic) bond motifs is 1. The maximum absolute atomic E-state index is 6.95. The van der Waals surface area contributed by atoms with Crippen molar-refractivity contribution < 1.29 is 0 Å². The molecule has 2 aromatic rings. The van der Waals surface area contributed by atoms with Gasteiger partial charge in [-0.2, -0.15) is 0 Å². The van der Waals surface area contributed by atoms with Gasteiger partial charge in [0.2, 0.25) is 0 Å². The smallest absolute Gasteiger partial charge is 0.130 e. The number of likely N-dealkylation sites (tertiary alicyclic amines) is 1. The summed E-state index contributed by atoms with van der Waals surface area (Å²) in [7, 11) is 0. The van der Waals surface area contributed by atoms with E-state index >= 15 is 0 Å². The normalized spacial score (nSPS) is 24.9. The summed E-state index contributed by atoms with van der Waals surface area (Å²) in [6.07, 6.45) is 10.9. The third-order valence-electron chi connectivity index (χ3n) is 8.53. The second kappa shape index (κ2) is 8.04. The zero-order chi connectivity index (χ0) is 21.6. The van der Waals surface area contributed by atoms with Gasteiger partial charge >= 0.3 is 0 Å². The first-order valence-electron chi connectivity index (χ1n) is 12.6. The molecule has 2 N–H and O–H groups in total. The van der Waals surface area contributed by atoms with E-state index in [1.807, 2.05) is 0 Å². The lowest BCUT2D eigenvalue weighted by Crippen LogP contribution is -2.41. The van der Waals surface area contributed by atoms with Crippen LogP contribution in [0.15, 0.2) is 35.4 Å². The van der Waals surface area contributed by atoms with Crippen LogP contribution in [0.3, 0.4) is 0 Å². The highest BCUT2D eigenvalue weighted by Crippen LogP contribution is 2.42. The van der Waals surface area contributed by atoms with Crippen LogP contribution in [0.1, 0.15) is 90.4 Å². The molecule has 168 valence electrons. The van der Waals surface area contributed by atoms with Gasteiger partial charge in [-0.15, -0.1) is 0 Å². The molecule has 0 atom stereocenters. The number of aromatic nitrogens is 2. The van der Waals surface area contributed by atoms with Gasteiger partial charge in [0.05, 0.1) is 16.6 Å². The van der Waals surface area contributed by atoms with Gasteiger partial charge in [0.25, 0.3) is 0 Å². The minimum Gasteiger partial charge on any atom is -0.323 e. The van der Waals surface area contributed by atoms with Crippen LogP contribution in [-0.2, 0) is 5.54 Å². The molecule has 1 saturated carbocycles. The molecule has 0 spiro atoms. The third kappa shape index (κ3) is 3.87. The van der Waals surface area contributed by atoms with E-state index in [9.17, 15) is 0 Å². The summed E-state index contributed by atoms with van der Waals surface area (Å²) in [5.74, 6) is 1.15. The molecule has 4 nitrogen and oxygen atoms in total. The number of piperidine rings is 1. The lowest BCUT2D eigenvalue weighted by molar-refractivity contribution is 0.182. The summed E-state index contributed by atoms with van der Waals surface area (Å²) < 4.78 is 2.55. The number of para-hydroxylation sites is 2. The fraction of sp³-hybridized carbons (Fsp3) is 0.667. The van der Waals surface area contributed by atoms with Gasteiger partial charge in [0.15, 0.2) is 0 Å². The molecular weight excluding hydrogens is 380 g/mol. The monoisotopic (exact) mass is 420 g/mol. The lowest BCUT2D eigenvalue weighted by Gasteiger charge is -2.40. The summed E-state index contributed by atoms with van der Waals surface area (Å²) in [4.78, 5) is 7.80. The van der Waals surface area contributed by atoms with Gasteiger partial charge in [0.1, 0.15) is 5.82 Å². The molecule has 1 aromatic carbocycles. The van der Waals surface area contributed by atoms with Crippen molar-refractivity contribution in [2.75, 3.05) is 19.6 Å². The molecule has 4 heteroatoms. The van der Waals surface area contributed by atoms with E-state index in [2.05, 4.69) is 54.5 Å². The van der Waals surface area contributed by atoms with E-state index in [0.717, 1.165) is 30.7 Å². The second-order valence-corrected chi connectivity index (χ2v) is 11.2. The number of hydrogen-bond donors (Lipinski definition) is 1. The van der Waals surface area contributed by atoms with Crippen LogP contribution in [0, 0.1) is 5.41 Å². The van der Waals surface area contributed by atoms with Gasteiger partial charge in [-0.05, 0) is 69.4 Å². The van der Waals surface area contributed by atoms with E-state index in [-0.39, 0.29) is 5.54 Å². The zero-order valence-electron chi connectivity index (χ0n) is 19.8. The minimum atomic E-state index is -0.246. The molecule has 1 saturated heterocycles. The third-order valence-corrected chi connectivity index (χ3v) is 8.53. The average molecular weight is 421 g/mol. The van der Waals surface area contributed by atoms with Crippen LogP contribution in [0.5, 0.6) is 0 Å². The first-order chi connectivity index (χ1) is 14.9. The van der Waals surface area contributed by atoms with Crippen molar-refractivity contribution in [2.45, 2.75) is 90.1 Å². The first kappa shape index (κ1) is 21.2. The Balaban J connectivity index is 1.38. The fourth-order valence-electron chi connectivity index (χ4n) is 6.58. The molecule has 31 heavy (non-hydrogen) atoms. The SMILES string of the molecule is CC1=C(CN2CCC(n3c(C4(N)CCCC4)nc4ccccc43)CC2)C(C)(C)CCC1. The van der Waals surface area contributed by atoms with Crippen LogP contribution < -0.4 is 5.73 Å². The van der Waals surface area contributed by atoms with E-state index in [4.69, 9.17) is 10.7 Å². The number of nitrogens with two attached hydrogens (primary N) is 1. The summed E-state index contributed by atoms with van der Waals surface area (Å²) in [6.45, 7) is 10.8. The number of hydrogen-bond acceptors (Lipinski definition) is 3. The van der Waals surface area contributed by atoms with Gasteiger partial charge in [-0.3, -0.25) is 4.90 Å². The van der Waals surface area contributed by atoms with E-state index in [1.54, 1.807) is 11.1 Å². The number of imidazole rings is 1. The Hall–Kier alpha value is -1.65. The van der Waals surface area contributed by atoms with Crippen molar-refractivity contribution in [1.82, 2.24) is 14.5 Å². The minimum absolute atomic E-state index is 0.246. The molecule has 2 fully saturated rings. The van der Waals surface area contributed by atoms with E-state index in [0.29, 0.717) is 11.5 Å². The van der Waals surface area contributed by atoms with E-state index < -0.39 is 0 Å². The van der Waals surface area contributed by atoms with Gasteiger partial charge in [0, 0.05) is 25.7 Å². The molecule has 0 amide bonds. The van der Waals surface area contributed by atoms with Gasteiger partial charge in [-0.1, -0.05) is 50.0 Å². The predicted octanol–water partition coefficient (Wildman–Crippen LogP) is 5.93. The van der Waals surface area contributed by atoms with Crippen molar-refractivity contribution in [1.29, 1.82) is 0 Å². The Morgan fingerprint density at radius 1 is 1.03 bits per heavy atom. The van der Waals surface area contributed by atoms with Crippen LogP contribution in [0.25, 0.3) is 11.0 Å². The molecule has 0 bridgehead atoms. The molecule has 0 radical (unpaired) electrons. The van der Waals surface area contributed by atoms with Crippen molar-refractivity contribution in [2.24, 2.45) is 11.1 Å². The maximum Gasteiger partial charge on any atom is 0.130 e.